The van der Waals surface area contributed by atoms with Crippen LogP contribution in [0.2, 0.25) is 0 Å². The van der Waals surface area contributed by atoms with Crippen LogP contribution in [0.15, 0.2) is 48.8 Å². The van der Waals surface area contributed by atoms with Crippen molar-refractivity contribution in [2.24, 2.45) is 0 Å². The number of ether oxygens (including phenoxy) is 1. The SMILES string of the molecule is COC1CCN(c2nccc(Nc3cc4c(cn3)c(N3CCC(N(C)Cc5ccccc5NC5CCC(=O)NC5=O)CC3)nn4C(C)C)n2)CC1. The Labute approximate surface area is 299 Å². The van der Waals surface area contributed by atoms with Gasteiger partial charge in [-0.25, -0.2) is 9.97 Å². The fourth-order valence-electron chi connectivity index (χ4n) is 7.44. The number of anilines is 5. The van der Waals surface area contributed by atoms with Gasteiger partial charge in [0.15, 0.2) is 5.82 Å². The van der Waals surface area contributed by atoms with Gasteiger partial charge in [0.25, 0.3) is 0 Å². The van der Waals surface area contributed by atoms with Crippen molar-refractivity contribution in [1.29, 1.82) is 0 Å². The van der Waals surface area contributed by atoms with Gasteiger partial charge in [-0.1, -0.05) is 18.2 Å². The third-order valence-corrected chi connectivity index (χ3v) is 10.4. The fourth-order valence-corrected chi connectivity index (χ4v) is 7.44. The third kappa shape index (κ3) is 7.76. The lowest BCUT2D eigenvalue weighted by molar-refractivity contribution is -0.133. The van der Waals surface area contributed by atoms with Crippen molar-refractivity contribution in [3.8, 4) is 0 Å². The highest BCUT2D eigenvalue weighted by molar-refractivity contribution is 6.01. The number of imide groups is 1. The molecule has 2 amide bonds. The molecule has 0 spiro atoms. The van der Waals surface area contributed by atoms with E-state index in [1.807, 2.05) is 30.5 Å². The van der Waals surface area contributed by atoms with E-state index in [1.165, 1.54) is 0 Å². The number of nitrogens with one attached hydrogen (secondary N) is 3. The van der Waals surface area contributed by atoms with Gasteiger partial charge in [0.1, 0.15) is 17.7 Å². The van der Waals surface area contributed by atoms with Crippen LogP contribution in [-0.2, 0) is 20.9 Å². The first-order chi connectivity index (χ1) is 24.7. The summed E-state index contributed by atoms with van der Waals surface area (Å²) in [6.07, 6.45) is 8.80. The van der Waals surface area contributed by atoms with E-state index in [4.69, 9.17) is 19.8 Å². The quantitative estimate of drug-likeness (QED) is 0.190. The number of amides is 2. The third-order valence-electron chi connectivity index (χ3n) is 10.4. The number of piperidine rings is 3. The maximum Gasteiger partial charge on any atom is 0.249 e. The predicted molar refractivity (Wildman–Crippen MR) is 198 cm³/mol. The Kier molecular flexibility index (Phi) is 10.3. The second-order valence-corrected chi connectivity index (χ2v) is 14.2. The van der Waals surface area contributed by atoms with Gasteiger partial charge in [0.2, 0.25) is 17.8 Å². The standard InChI is InChI=1S/C37H49N11O3/c1-24(2)48-31-21-33(41-32-11-16-38-37(42-32)47-19-14-27(51-4)15-20-47)39-22-28(31)35(44-48)46-17-12-26(13-18-46)45(3)23-25-7-5-6-8-29(25)40-30-9-10-34(49)43-36(30)50/h5-8,11,16,21-22,24,26-27,30,40H,9-10,12-15,17-20,23H2,1-4H3,(H,43,49,50)(H,38,39,41,42). The molecule has 1 unspecified atom stereocenters. The summed E-state index contributed by atoms with van der Waals surface area (Å²) in [5.74, 6) is 2.64. The molecule has 3 saturated heterocycles. The normalized spacial score (nSPS) is 19.3. The molecule has 4 aromatic rings. The van der Waals surface area contributed by atoms with Crippen LogP contribution in [0.1, 0.15) is 64.0 Å². The highest BCUT2D eigenvalue weighted by atomic mass is 16.5. The molecule has 0 saturated carbocycles. The number of methoxy groups -OCH3 is 1. The number of hydrogen-bond acceptors (Lipinski definition) is 12. The molecule has 270 valence electrons. The fraction of sp³-hybridized carbons (Fsp3) is 0.514. The highest BCUT2D eigenvalue weighted by Crippen LogP contribution is 2.33. The number of rotatable bonds is 11. The number of pyridine rings is 1. The lowest BCUT2D eigenvalue weighted by atomic mass is 10.0. The van der Waals surface area contributed by atoms with Crippen LogP contribution in [0.5, 0.6) is 0 Å². The second kappa shape index (κ2) is 15.2. The summed E-state index contributed by atoms with van der Waals surface area (Å²) < 4.78 is 7.61. The molecule has 3 aromatic heterocycles. The molecule has 1 atom stereocenters. The molecule has 3 fully saturated rings. The van der Waals surface area contributed by atoms with E-state index in [0.717, 1.165) is 86.4 Å². The Morgan fingerprint density at radius 3 is 2.49 bits per heavy atom. The summed E-state index contributed by atoms with van der Waals surface area (Å²) in [6.45, 7) is 8.58. The van der Waals surface area contributed by atoms with Gasteiger partial charge in [-0.3, -0.25) is 24.5 Å². The summed E-state index contributed by atoms with van der Waals surface area (Å²) in [7, 11) is 3.95. The number of fused-ring (bicyclic) bond motifs is 1. The van der Waals surface area contributed by atoms with Crippen LogP contribution in [0.25, 0.3) is 10.9 Å². The van der Waals surface area contributed by atoms with Crippen molar-refractivity contribution in [3.05, 3.63) is 54.4 Å². The molecular weight excluding hydrogens is 646 g/mol. The van der Waals surface area contributed by atoms with E-state index in [1.54, 1.807) is 13.3 Å². The van der Waals surface area contributed by atoms with E-state index in [-0.39, 0.29) is 17.9 Å². The Balaban J connectivity index is 1.00. The van der Waals surface area contributed by atoms with Crippen LogP contribution in [0.4, 0.5) is 29.1 Å². The van der Waals surface area contributed by atoms with Crippen LogP contribution in [0.3, 0.4) is 0 Å². The predicted octanol–water partition coefficient (Wildman–Crippen LogP) is 4.48. The molecule has 3 N–H and O–H groups in total. The smallest absolute Gasteiger partial charge is 0.249 e. The summed E-state index contributed by atoms with van der Waals surface area (Å²) in [5, 5.41) is 15.4. The molecular formula is C37H49N11O3. The Hall–Kier alpha value is -4.82. The van der Waals surface area contributed by atoms with Gasteiger partial charge in [-0.2, -0.15) is 10.1 Å². The van der Waals surface area contributed by atoms with Crippen molar-refractivity contribution in [3.63, 3.8) is 0 Å². The Bertz CT molecular complexity index is 1850. The molecule has 3 aliphatic rings. The molecule has 14 nitrogen and oxygen atoms in total. The van der Waals surface area contributed by atoms with Gasteiger partial charge < -0.3 is 25.2 Å². The Morgan fingerprint density at radius 2 is 1.75 bits per heavy atom. The first-order valence-corrected chi connectivity index (χ1v) is 18.1. The molecule has 1 aromatic carbocycles. The van der Waals surface area contributed by atoms with Crippen molar-refractivity contribution in [2.75, 3.05) is 60.8 Å². The van der Waals surface area contributed by atoms with Gasteiger partial charge in [0.05, 0.1) is 17.0 Å². The summed E-state index contributed by atoms with van der Waals surface area (Å²) in [6, 6.07) is 12.2. The zero-order chi connectivity index (χ0) is 35.5. The molecule has 7 rings (SSSR count). The maximum atomic E-state index is 12.4. The minimum Gasteiger partial charge on any atom is -0.381 e. The molecule has 0 radical (unpaired) electrons. The number of benzene rings is 1. The van der Waals surface area contributed by atoms with Crippen LogP contribution >= 0.6 is 0 Å². The number of hydrogen-bond donors (Lipinski definition) is 3. The average molecular weight is 696 g/mol. The lowest BCUT2D eigenvalue weighted by Crippen LogP contribution is -2.47. The van der Waals surface area contributed by atoms with E-state index in [0.29, 0.717) is 42.6 Å². The molecule has 6 heterocycles. The number of para-hydroxylation sites is 1. The topological polar surface area (TPSA) is 146 Å². The van der Waals surface area contributed by atoms with Crippen molar-refractivity contribution in [1.82, 2.24) is 34.9 Å². The van der Waals surface area contributed by atoms with E-state index >= 15 is 0 Å². The number of aromatic nitrogens is 5. The maximum absolute atomic E-state index is 12.4. The summed E-state index contributed by atoms with van der Waals surface area (Å²) in [5.41, 5.74) is 3.10. The highest BCUT2D eigenvalue weighted by Gasteiger charge is 2.29. The monoisotopic (exact) mass is 695 g/mol. The van der Waals surface area contributed by atoms with E-state index < -0.39 is 6.04 Å². The molecule has 0 aliphatic carbocycles. The summed E-state index contributed by atoms with van der Waals surface area (Å²) >= 11 is 0. The number of carbonyl (C=O) groups is 2. The van der Waals surface area contributed by atoms with Crippen LogP contribution in [-0.4, -0.2) is 100.0 Å². The summed E-state index contributed by atoms with van der Waals surface area (Å²) in [4.78, 5) is 45.2. The molecule has 14 heteroatoms. The second-order valence-electron chi connectivity index (χ2n) is 14.2. The lowest BCUT2D eigenvalue weighted by Gasteiger charge is -2.37. The van der Waals surface area contributed by atoms with Gasteiger partial charge in [-0.05, 0) is 70.7 Å². The molecule has 3 aliphatic heterocycles. The van der Waals surface area contributed by atoms with Crippen LogP contribution < -0.4 is 25.8 Å². The van der Waals surface area contributed by atoms with Gasteiger partial charge in [0, 0.05) is 82.5 Å². The minimum atomic E-state index is -0.408. The molecule has 51 heavy (non-hydrogen) atoms. The van der Waals surface area contributed by atoms with Gasteiger partial charge in [-0.15, -0.1) is 0 Å². The minimum absolute atomic E-state index is 0.176. The first kappa shape index (κ1) is 34.6. The zero-order valence-corrected chi connectivity index (χ0v) is 30.0. The largest absolute Gasteiger partial charge is 0.381 e. The first-order valence-electron chi connectivity index (χ1n) is 18.1. The van der Waals surface area contributed by atoms with Crippen molar-refractivity contribution < 1.29 is 14.3 Å². The van der Waals surface area contributed by atoms with E-state index in [9.17, 15) is 9.59 Å². The van der Waals surface area contributed by atoms with Crippen LogP contribution in [0, 0.1) is 0 Å². The number of nitrogens with zero attached hydrogens (tertiary/aromatic N) is 8. The van der Waals surface area contributed by atoms with Crippen molar-refractivity contribution in [2.45, 2.75) is 83.1 Å². The Morgan fingerprint density at radius 1 is 0.980 bits per heavy atom. The van der Waals surface area contributed by atoms with Crippen molar-refractivity contribution >= 4 is 51.8 Å². The number of carbonyl (C=O) groups excluding carboxylic acids is 2. The molecule has 0 bridgehead atoms. The van der Waals surface area contributed by atoms with Gasteiger partial charge >= 0.3 is 0 Å². The average Bonchev–Trinajstić information content (AvgIpc) is 3.53. The zero-order valence-electron chi connectivity index (χ0n) is 30.0. The van der Waals surface area contributed by atoms with E-state index in [2.05, 4.69) is 73.3 Å².